The van der Waals surface area contributed by atoms with E-state index >= 15 is 0 Å². The number of nitrogens with zero attached hydrogens (tertiary/aromatic N) is 2. The number of hydrogen-bond acceptors (Lipinski definition) is 3. The van der Waals surface area contributed by atoms with Gasteiger partial charge in [-0.3, -0.25) is 4.79 Å². The Morgan fingerprint density at radius 2 is 1.96 bits per heavy atom. The van der Waals surface area contributed by atoms with Gasteiger partial charge in [0.05, 0.1) is 23.1 Å². The molecule has 1 heterocycles. The van der Waals surface area contributed by atoms with Gasteiger partial charge < -0.3 is 5.32 Å². The van der Waals surface area contributed by atoms with Crippen LogP contribution >= 0.6 is 23.4 Å². The number of hydrogen-bond donors (Lipinski definition) is 1. The lowest BCUT2D eigenvalue weighted by atomic mass is 10.2. The van der Waals surface area contributed by atoms with Crippen molar-refractivity contribution in [3.05, 3.63) is 71.0 Å². The molecule has 1 aromatic heterocycles. The standard InChI is InChI=1S/C18H16ClN3OS/c1-12-17(11-20-22(12)15-8-6-13(19)7-9-15)18(23)21-14-4-3-5-16(10-14)24-2/h3-11H,1-2H3,(H,21,23). The molecule has 4 nitrogen and oxygen atoms in total. The first-order valence-corrected chi connectivity index (χ1v) is 8.95. The summed E-state index contributed by atoms with van der Waals surface area (Å²) in [7, 11) is 0. The number of rotatable bonds is 4. The summed E-state index contributed by atoms with van der Waals surface area (Å²) in [5.74, 6) is -0.175. The third-order valence-corrected chi connectivity index (χ3v) is 4.63. The molecule has 1 N–H and O–H groups in total. The molecule has 0 aliphatic rings. The average Bonchev–Trinajstić information content (AvgIpc) is 2.97. The SMILES string of the molecule is CSc1cccc(NC(=O)c2cnn(-c3ccc(Cl)cc3)c2C)c1. The summed E-state index contributed by atoms with van der Waals surface area (Å²) < 4.78 is 1.73. The summed E-state index contributed by atoms with van der Waals surface area (Å²) >= 11 is 7.55. The van der Waals surface area contributed by atoms with Gasteiger partial charge in [-0.15, -0.1) is 11.8 Å². The molecule has 0 saturated carbocycles. The van der Waals surface area contributed by atoms with Crippen LogP contribution in [0.4, 0.5) is 5.69 Å². The molecule has 0 bridgehead atoms. The van der Waals surface area contributed by atoms with Gasteiger partial charge in [0.2, 0.25) is 0 Å². The van der Waals surface area contributed by atoms with Crippen LogP contribution in [0.1, 0.15) is 16.1 Å². The highest BCUT2D eigenvalue weighted by Gasteiger charge is 2.15. The average molecular weight is 358 g/mol. The van der Waals surface area contributed by atoms with Crippen LogP contribution in [0.3, 0.4) is 0 Å². The highest BCUT2D eigenvalue weighted by molar-refractivity contribution is 7.98. The summed E-state index contributed by atoms with van der Waals surface area (Å²) in [6.07, 6.45) is 3.58. The molecular weight excluding hydrogens is 342 g/mol. The molecule has 6 heteroatoms. The minimum absolute atomic E-state index is 0.175. The Bertz CT molecular complexity index is 874. The van der Waals surface area contributed by atoms with Gasteiger partial charge in [-0.25, -0.2) is 4.68 Å². The second-order valence-corrected chi connectivity index (χ2v) is 6.53. The molecule has 0 spiro atoms. The molecule has 0 unspecified atom stereocenters. The number of thioether (sulfide) groups is 1. The van der Waals surface area contributed by atoms with E-state index in [9.17, 15) is 4.79 Å². The lowest BCUT2D eigenvalue weighted by molar-refractivity contribution is 0.102. The van der Waals surface area contributed by atoms with Crippen molar-refractivity contribution in [3.8, 4) is 5.69 Å². The van der Waals surface area contributed by atoms with Crippen molar-refractivity contribution < 1.29 is 4.79 Å². The molecule has 0 saturated heterocycles. The Labute approximate surface area is 149 Å². The van der Waals surface area contributed by atoms with Crippen molar-refractivity contribution in [3.63, 3.8) is 0 Å². The van der Waals surface area contributed by atoms with Crippen LogP contribution in [0.5, 0.6) is 0 Å². The first-order valence-electron chi connectivity index (χ1n) is 7.34. The number of aromatic nitrogens is 2. The van der Waals surface area contributed by atoms with Gasteiger partial charge in [0.15, 0.2) is 0 Å². The Morgan fingerprint density at radius 3 is 2.67 bits per heavy atom. The number of benzene rings is 2. The number of carbonyl (C=O) groups excluding carboxylic acids is 1. The highest BCUT2D eigenvalue weighted by Crippen LogP contribution is 2.21. The van der Waals surface area contributed by atoms with Gasteiger partial charge in [0.1, 0.15) is 0 Å². The molecule has 3 rings (SSSR count). The van der Waals surface area contributed by atoms with Gasteiger partial charge in [0, 0.05) is 15.6 Å². The monoisotopic (exact) mass is 357 g/mol. The summed E-state index contributed by atoms with van der Waals surface area (Å²) in [4.78, 5) is 13.6. The smallest absolute Gasteiger partial charge is 0.259 e. The normalized spacial score (nSPS) is 10.6. The van der Waals surface area contributed by atoms with Gasteiger partial charge in [-0.1, -0.05) is 17.7 Å². The Morgan fingerprint density at radius 1 is 1.21 bits per heavy atom. The molecule has 1 amide bonds. The lowest BCUT2D eigenvalue weighted by Crippen LogP contribution is -2.13. The fourth-order valence-electron chi connectivity index (χ4n) is 2.37. The number of halogens is 1. The molecule has 0 radical (unpaired) electrons. The maximum Gasteiger partial charge on any atom is 0.259 e. The van der Waals surface area contributed by atoms with Crippen molar-refractivity contribution in [2.24, 2.45) is 0 Å². The van der Waals surface area contributed by atoms with Crippen molar-refractivity contribution in [2.45, 2.75) is 11.8 Å². The minimum Gasteiger partial charge on any atom is -0.322 e. The molecule has 24 heavy (non-hydrogen) atoms. The number of nitrogens with one attached hydrogen (secondary N) is 1. The summed E-state index contributed by atoms with van der Waals surface area (Å²) in [5, 5.41) is 7.90. The van der Waals surface area contributed by atoms with Gasteiger partial charge in [0.25, 0.3) is 5.91 Å². The van der Waals surface area contributed by atoms with Crippen molar-refractivity contribution in [1.82, 2.24) is 9.78 Å². The number of anilines is 1. The van der Waals surface area contributed by atoms with Crippen molar-refractivity contribution in [2.75, 3.05) is 11.6 Å². The Hall–Kier alpha value is -2.24. The molecule has 0 atom stereocenters. The van der Waals surface area contributed by atoms with E-state index in [0.717, 1.165) is 22.0 Å². The fraction of sp³-hybridized carbons (Fsp3) is 0.111. The van der Waals surface area contributed by atoms with Crippen molar-refractivity contribution in [1.29, 1.82) is 0 Å². The maximum absolute atomic E-state index is 12.5. The lowest BCUT2D eigenvalue weighted by Gasteiger charge is -2.07. The molecule has 0 fully saturated rings. The predicted octanol–water partition coefficient (Wildman–Crippen LogP) is 4.81. The van der Waals surface area contributed by atoms with E-state index < -0.39 is 0 Å². The minimum atomic E-state index is -0.175. The molecule has 0 aliphatic heterocycles. The van der Waals surface area contributed by atoms with Gasteiger partial charge >= 0.3 is 0 Å². The first-order chi connectivity index (χ1) is 11.6. The van der Waals surface area contributed by atoms with Crippen LogP contribution in [-0.2, 0) is 0 Å². The van der Waals surface area contributed by atoms with Gasteiger partial charge in [-0.05, 0) is 55.6 Å². The third-order valence-electron chi connectivity index (χ3n) is 3.65. The van der Waals surface area contributed by atoms with Crippen LogP contribution in [0.2, 0.25) is 5.02 Å². The topological polar surface area (TPSA) is 46.9 Å². The third kappa shape index (κ3) is 3.47. The van der Waals surface area contributed by atoms with Gasteiger partial charge in [-0.2, -0.15) is 5.10 Å². The van der Waals surface area contributed by atoms with Crippen LogP contribution in [0.25, 0.3) is 5.69 Å². The molecular formula is C18H16ClN3OS. The van der Waals surface area contributed by atoms with E-state index in [-0.39, 0.29) is 5.91 Å². The van der Waals surface area contributed by atoms with E-state index in [4.69, 9.17) is 11.6 Å². The van der Waals surface area contributed by atoms with E-state index in [1.165, 1.54) is 0 Å². The summed E-state index contributed by atoms with van der Waals surface area (Å²) in [6, 6.07) is 15.1. The van der Waals surface area contributed by atoms with Crippen LogP contribution in [0.15, 0.2) is 59.6 Å². The Kier molecular flexibility index (Phi) is 4.92. The van der Waals surface area contributed by atoms with E-state index in [2.05, 4.69) is 10.4 Å². The largest absolute Gasteiger partial charge is 0.322 e. The zero-order valence-corrected chi connectivity index (χ0v) is 14.9. The first kappa shape index (κ1) is 16.6. The molecule has 0 aliphatic carbocycles. The van der Waals surface area contributed by atoms with Crippen LogP contribution in [-0.4, -0.2) is 21.9 Å². The zero-order valence-electron chi connectivity index (χ0n) is 13.3. The van der Waals surface area contributed by atoms with E-state index in [1.54, 1.807) is 34.8 Å². The molecule has 3 aromatic rings. The summed E-state index contributed by atoms with van der Waals surface area (Å²) in [5.41, 5.74) is 2.95. The highest BCUT2D eigenvalue weighted by atomic mass is 35.5. The summed E-state index contributed by atoms with van der Waals surface area (Å²) in [6.45, 7) is 1.87. The van der Waals surface area contributed by atoms with Crippen molar-refractivity contribution >= 4 is 35.0 Å². The van der Waals surface area contributed by atoms with E-state index in [1.807, 2.05) is 49.6 Å². The molecule has 2 aromatic carbocycles. The predicted molar refractivity (Wildman–Crippen MR) is 99.5 cm³/mol. The fourth-order valence-corrected chi connectivity index (χ4v) is 2.96. The van der Waals surface area contributed by atoms with E-state index in [0.29, 0.717) is 10.6 Å². The maximum atomic E-state index is 12.5. The quantitative estimate of drug-likeness (QED) is 0.682. The second-order valence-electron chi connectivity index (χ2n) is 5.22. The second kappa shape index (κ2) is 7.11. The number of carbonyl (C=O) groups is 1. The molecule has 122 valence electrons. The Balaban J connectivity index is 1.84. The van der Waals surface area contributed by atoms with Crippen LogP contribution < -0.4 is 5.32 Å². The van der Waals surface area contributed by atoms with Crippen LogP contribution in [0, 0.1) is 6.92 Å². The zero-order chi connectivity index (χ0) is 17.1. The number of amides is 1.